The molecule has 6 heteroatoms. The summed E-state index contributed by atoms with van der Waals surface area (Å²) in [5, 5.41) is 2.73. The number of unbranched alkanes of at least 4 members (excludes halogenated alkanes) is 1. The van der Waals surface area contributed by atoms with Gasteiger partial charge in [0.15, 0.2) is 0 Å². The first-order valence-electron chi connectivity index (χ1n) is 6.94. The molecule has 21 heavy (non-hydrogen) atoms. The van der Waals surface area contributed by atoms with Crippen molar-refractivity contribution in [2.45, 2.75) is 32.2 Å². The first kappa shape index (κ1) is 15.0. The molecule has 1 aliphatic heterocycles. The molecule has 2 rings (SSSR count). The largest absolute Gasteiger partial charge is 0.366 e. The molecular formula is C15H19N3O3. The van der Waals surface area contributed by atoms with Crippen LogP contribution in [0.25, 0.3) is 0 Å². The van der Waals surface area contributed by atoms with Gasteiger partial charge in [0, 0.05) is 12.1 Å². The Balaban J connectivity index is 2.28. The number of urea groups is 1. The zero-order chi connectivity index (χ0) is 15.6. The molecule has 0 bridgehead atoms. The number of hydrogen-bond acceptors (Lipinski definition) is 3. The van der Waals surface area contributed by atoms with E-state index in [9.17, 15) is 14.4 Å². The third-order valence-corrected chi connectivity index (χ3v) is 3.76. The van der Waals surface area contributed by atoms with E-state index in [2.05, 4.69) is 5.32 Å². The minimum absolute atomic E-state index is 0.271. The standard InChI is InChI=1S/C15H19N3O3/c1-3-4-9-18-13(20)15(2,17-14(18)21)11-7-5-10(6-8-11)12(16)19/h5-8H,3-4,9H2,1-2H3,(H2,16,19)(H,17,21)/t15-/m0/s1. The van der Waals surface area contributed by atoms with Gasteiger partial charge in [-0.2, -0.15) is 0 Å². The van der Waals surface area contributed by atoms with E-state index >= 15 is 0 Å². The number of imide groups is 1. The smallest absolute Gasteiger partial charge is 0.325 e. The van der Waals surface area contributed by atoms with Crippen molar-refractivity contribution in [3.63, 3.8) is 0 Å². The number of nitrogens with zero attached hydrogens (tertiary/aromatic N) is 1. The molecule has 0 spiro atoms. The summed E-state index contributed by atoms with van der Waals surface area (Å²) < 4.78 is 0. The summed E-state index contributed by atoms with van der Waals surface area (Å²) >= 11 is 0. The van der Waals surface area contributed by atoms with Gasteiger partial charge in [-0.1, -0.05) is 25.5 Å². The fourth-order valence-corrected chi connectivity index (χ4v) is 2.38. The van der Waals surface area contributed by atoms with Crippen molar-refractivity contribution < 1.29 is 14.4 Å². The van der Waals surface area contributed by atoms with E-state index in [-0.39, 0.29) is 11.9 Å². The normalized spacial score (nSPS) is 21.5. The Morgan fingerprint density at radius 3 is 2.43 bits per heavy atom. The summed E-state index contributed by atoms with van der Waals surface area (Å²) in [4.78, 5) is 36.8. The molecule has 112 valence electrons. The summed E-state index contributed by atoms with van der Waals surface area (Å²) in [6.45, 7) is 4.08. The van der Waals surface area contributed by atoms with Crippen molar-refractivity contribution in [2.24, 2.45) is 5.73 Å². The summed E-state index contributed by atoms with van der Waals surface area (Å²) in [7, 11) is 0. The molecule has 4 amide bonds. The van der Waals surface area contributed by atoms with E-state index < -0.39 is 11.4 Å². The van der Waals surface area contributed by atoms with Crippen molar-refractivity contribution in [1.29, 1.82) is 0 Å². The van der Waals surface area contributed by atoms with E-state index in [1.54, 1.807) is 31.2 Å². The van der Waals surface area contributed by atoms with Gasteiger partial charge in [0.1, 0.15) is 5.54 Å². The lowest BCUT2D eigenvalue weighted by Gasteiger charge is -2.22. The minimum atomic E-state index is -1.10. The first-order valence-corrected chi connectivity index (χ1v) is 6.94. The molecule has 3 N–H and O–H groups in total. The van der Waals surface area contributed by atoms with Gasteiger partial charge >= 0.3 is 6.03 Å². The van der Waals surface area contributed by atoms with Crippen LogP contribution >= 0.6 is 0 Å². The van der Waals surface area contributed by atoms with E-state index in [0.29, 0.717) is 17.7 Å². The van der Waals surface area contributed by atoms with E-state index in [4.69, 9.17) is 5.73 Å². The molecule has 1 atom stereocenters. The monoisotopic (exact) mass is 289 g/mol. The zero-order valence-corrected chi connectivity index (χ0v) is 12.2. The van der Waals surface area contributed by atoms with Crippen LogP contribution in [0.2, 0.25) is 0 Å². The third-order valence-electron chi connectivity index (χ3n) is 3.76. The lowest BCUT2D eigenvalue weighted by molar-refractivity contribution is -0.131. The van der Waals surface area contributed by atoms with E-state index in [1.165, 1.54) is 4.90 Å². The average Bonchev–Trinajstić information content (AvgIpc) is 2.68. The SMILES string of the molecule is CCCCN1C(=O)N[C@@](C)(c2ccc(C(N)=O)cc2)C1=O. The molecule has 1 heterocycles. The number of carbonyl (C=O) groups is 3. The summed E-state index contributed by atoms with van der Waals surface area (Å²) in [5.74, 6) is -0.800. The molecular weight excluding hydrogens is 270 g/mol. The van der Waals surface area contributed by atoms with Gasteiger partial charge in [-0.15, -0.1) is 0 Å². The van der Waals surface area contributed by atoms with Crippen molar-refractivity contribution >= 4 is 17.8 Å². The van der Waals surface area contributed by atoms with Crippen LogP contribution in [0.1, 0.15) is 42.6 Å². The Morgan fingerprint density at radius 2 is 1.90 bits per heavy atom. The Bertz CT molecular complexity index is 582. The fourth-order valence-electron chi connectivity index (χ4n) is 2.38. The molecule has 0 saturated carbocycles. The molecule has 0 radical (unpaired) electrons. The summed E-state index contributed by atoms with van der Waals surface area (Å²) in [6.07, 6.45) is 1.68. The number of carbonyl (C=O) groups excluding carboxylic acids is 3. The topological polar surface area (TPSA) is 92.5 Å². The second-order valence-electron chi connectivity index (χ2n) is 5.31. The van der Waals surface area contributed by atoms with Crippen molar-refractivity contribution in [3.05, 3.63) is 35.4 Å². The van der Waals surface area contributed by atoms with Crippen LogP contribution in [0.3, 0.4) is 0 Å². The van der Waals surface area contributed by atoms with Gasteiger partial charge in [-0.05, 0) is 31.0 Å². The highest BCUT2D eigenvalue weighted by Crippen LogP contribution is 2.29. The van der Waals surface area contributed by atoms with Crippen LogP contribution in [0.5, 0.6) is 0 Å². The van der Waals surface area contributed by atoms with E-state index in [0.717, 1.165) is 12.8 Å². The highest BCUT2D eigenvalue weighted by molar-refractivity contribution is 6.07. The summed E-state index contributed by atoms with van der Waals surface area (Å²) in [5.41, 5.74) is 5.09. The Kier molecular flexibility index (Phi) is 3.97. The van der Waals surface area contributed by atoms with Crippen LogP contribution in [0.15, 0.2) is 24.3 Å². The minimum Gasteiger partial charge on any atom is -0.366 e. The Morgan fingerprint density at radius 1 is 1.29 bits per heavy atom. The predicted octanol–water partition coefficient (Wildman–Crippen LogP) is 1.35. The fraction of sp³-hybridized carbons (Fsp3) is 0.400. The maximum atomic E-state index is 12.5. The number of nitrogens with two attached hydrogens (primary N) is 1. The van der Waals surface area contributed by atoms with Gasteiger partial charge in [-0.25, -0.2) is 4.79 Å². The zero-order valence-electron chi connectivity index (χ0n) is 12.2. The van der Waals surface area contributed by atoms with Crippen molar-refractivity contribution in [1.82, 2.24) is 10.2 Å². The second kappa shape index (κ2) is 5.55. The highest BCUT2D eigenvalue weighted by atomic mass is 16.2. The van der Waals surface area contributed by atoms with Crippen LogP contribution in [0, 0.1) is 0 Å². The second-order valence-corrected chi connectivity index (χ2v) is 5.31. The lowest BCUT2D eigenvalue weighted by atomic mass is 9.91. The molecule has 1 aromatic rings. The van der Waals surface area contributed by atoms with Crippen LogP contribution in [0.4, 0.5) is 4.79 Å². The van der Waals surface area contributed by atoms with Crippen LogP contribution < -0.4 is 11.1 Å². The predicted molar refractivity (Wildman–Crippen MR) is 77.5 cm³/mol. The molecule has 0 unspecified atom stereocenters. The molecule has 1 fully saturated rings. The lowest BCUT2D eigenvalue weighted by Crippen LogP contribution is -2.41. The Labute approximate surface area is 123 Å². The molecule has 1 saturated heterocycles. The average molecular weight is 289 g/mol. The molecule has 0 aromatic heterocycles. The van der Waals surface area contributed by atoms with Crippen LogP contribution in [-0.4, -0.2) is 29.3 Å². The summed E-state index contributed by atoms with van der Waals surface area (Å²) in [6, 6.07) is 6.01. The maximum Gasteiger partial charge on any atom is 0.325 e. The number of rotatable bonds is 5. The van der Waals surface area contributed by atoms with Crippen LogP contribution in [-0.2, 0) is 10.3 Å². The van der Waals surface area contributed by atoms with Crippen molar-refractivity contribution in [2.75, 3.05) is 6.54 Å². The third kappa shape index (κ3) is 2.61. The van der Waals surface area contributed by atoms with Gasteiger partial charge in [0.05, 0.1) is 0 Å². The number of amides is 4. The van der Waals surface area contributed by atoms with Crippen molar-refractivity contribution in [3.8, 4) is 0 Å². The molecule has 6 nitrogen and oxygen atoms in total. The first-order chi connectivity index (χ1) is 9.90. The van der Waals surface area contributed by atoms with Gasteiger partial charge in [-0.3, -0.25) is 14.5 Å². The molecule has 1 aliphatic rings. The van der Waals surface area contributed by atoms with Gasteiger partial charge in [0.25, 0.3) is 5.91 Å². The van der Waals surface area contributed by atoms with Gasteiger partial charge in [0.2, 0.25) is 5.91 Å². The highest BCUT2D eigenvalue weighted by Gasteiger charge is 2.48. The quantitative estimate of drug-likeness (QED) is 0.801. The number of primary amides is 1. The Hall–Kier alpha value is -2.37. The molecule has 0 aliphatic carbocycles. The number of benzene rings is 1. The number of hydrogen-bond donors (Lipinski definition) is 2. The van der Waals surface area contributed by atoms with Gasteiger partial charge < -0.3 is 11.1 Å². The maximum absolute atomic E-state index is 12.5. The number of nitrogens with one attached hydrogen (secondary N) is 1. The molecule has 1 aromatic carbocycles. The van der Waals surface area contributed by atoms with E-state index in [1.807, 2.05) is 6.92 Å².